The van der Waals surface area contributed by atoms with Crippen molar-refractivity contribution in [3.8, 4) is 5.75 Å². The molecule has 0 aliphatic rings. The van der Waals surface area contributed by atoms with Gasteiger partial charge < -0.3 is 4.74 Å². The molecule has 1 aromatic rings. The summed E-state index contributed by atoms with van der Waals surface area (Å²) in [4.78, 5) is 0. The maximum Gasteiger partial charge on any atom is 0.121 e. The topological polar surface area (TPSA) is 9.23 Å². The fourth-order valence-corrected chi connectivity index (χ4v) is 1.03. The zero-order valence-electron chi connectivity index (χ0n) is 10.6. The minimum atomic E-state index is 0.964. The van der Waals surface area contributed by atoms with Crippen LogP contribution in [0.5, 0.6) is 5.75 Å². The maximum absolute atomic E-state index is 5.10. The van der Waals surface area contributed by atoms with E-state index in [1.54, 1.807) is 7.11 Å². The van der Waals surface area contributed by atoms with Gasteiger partial charge in [0.15, 0.2) is 0 Å². The van der Waals surface area contributed by atoms with Gasteiger partial charge in [-0.05, 0) is 25.5 Å². The molecule has 0 aliphatic carbocycles. The lowest BCUT2D eigenvalue weighted by molar-refractivity contribution is 0.411. The van der Waals surface area contributed by atoms with Crippen molar-refractivity contribution in [2.24, 2.45) is 0 Å². The molecule has 0 fully saturated rings. The molecular formula is C13H24O. The van der Waals surface area contributed by atoms with E-state index < -0.39 is 0 Å². The number of benzene rings is 1. The second kappa shape index (κ2) is 10.1. The minimum Gasteiger partial charge on any atom is -0.496 e. The molecule has 1 aromatic carbocycles. The second-order valence-corrected chi connectivity index (χ2v) is 2.47. The third-order valence-corrected chi connectivity index (χ3v) is 1.55. The Morgan fingerprint density at radius 3 is 1.79 bits per heavy atom. The smallest absolute Gasteiger partial charge is 0.121 e. The van der Waals surface area contributed by atoms with Crippen LogP contribution in [0.3, 0.4) is 0 Å². The van der Waals surface area contributed by atoms with Crippen LogP contribution in [-0.2, 0) is 0 Å². The van der Waals surface area contributed by atoms with E-state index in [9.17, 15) is 0 Å². The highest BCUT2D eigenvalue weighted by Crippen LogP contribution is 2.17. The van der Waals surface area contributed by atoms with Crippen LogP contribution in [0.15, 0.2) is 18.2 Å². The van der Waals surface area contributed by atoms with E-state index >= 15 is 0 Å². The molecule has 0 unspecified atom stereocenters. The Hall–Kier alpha value is -0.980. The zero-order chi connectivity index (χ0) is 11.6. The SMILES string of the molecule is CC.CC.COc1ccc(C)cc1C. The van der Waals surface area contributed by atoms with Crippen molar-refractivity contribution < 1.29 is 4.74 Å². The summed E-state index contributed by atoms with van der Waals surface area (Å²) >= 11 is 0. The molecule has 14 heavy (non-hydrogen) atoms. The highest BCUT2D eigenvalue weighted by molar-refractivity contribution is 5.35. The molecule has 0 amide bonds. The van der Waals surface area contributed by atoms with Gasteiger partial charge in [-0.1, -0.05) is 45.4 Å². The Bertz CT molecular complexity index is 229. The van der Waals surface area contributed by atoms with Crippen LogP contribution >= 0.6 is 0 Å². The summed E-state index contributed by atoms with van der Waals surface area (Å²) in [5.74, 6) is 0.964. The van der Waals surface area contributed by atoms with Crippen molar-refractivity contribution in [3.05, 3.63) is 29.3 Å². The molecule has 1 rings (SSSR count). The van der Waals surface area contributed by atoms with Crippen molar-refractivity contribution in [2.45, 2.75) is 41.5 Å². The maximum atomic E-state index is 5.10. The Morgan fingerprint density at radius 2 is 1.43 bits per heavy atom. The molecule has 0 saturated heterocycles. The first-order valence-electron chi connectivity index (χ1n) is 5.35. The molecule has 0 heterocycles. The van der Waals surface area contributed by atoms with Crippen molar-refractivity contribution in [1.82, 2.24) is 0 Å². The summed E-state index contributed by atoms with van der Waals surface area (Å²) < 4.78 is 5.10. The van der Waals surface area contributed by atoms with Gasteiger partial charge in [-0.3, -0.25) is 0 Å². The van der Waals surface area contributed by atoms with Gasteiger partial charge in [0.2, 0.25) is 0 Å². The van der Waals surface area contributed by atoms with Crippen LogP contribution in [0.2, 0.25) is 0 Å². The Morgan fingerprint density at radius 1 is 0.929 bits per heavy atom. The molecule has 0 saturated carbocycles. The van der Waals surface area contributed by atoms with Crippen LogP contribution in [0.25, 0.3) is 0 Å². The number of aryl methyl sites for hydroxylation is 2. The van der Waals surface area contributed by atoms with Gasteiger partial charge in [0, 0.05) is 0 Å². The molecule has 0 aliphatic heterocycles. The predicted octanol–water partition coefficient (Wildman–Crippen LogP) is 4.36. The normalized spacial score (nSPS) is 7.64. The van der Waals surface area contributed by atoms with E-state index in [4.69, 9.17) is 4.74 Å². The lowest BCUT2D eigenvalue weighted by Crippen LogP contribution is -1.86. The molecule has 0 radical (unpaired) electrons. The largest absolute Gasteiger partial charge is 0.496 e. The van der Waals surface area contributed by atoms with Gasteiger partial charge in [-0.15, -0.1) is 0 Å². The molecule has 82 valence electrons. The summed E-state index contributed by atoms with van der Waals surface area (Å²) in [6.45, 7) is 12.1. The van der Waals surface area contributed by atoms with Gasteiger partial charge >= 0.3 is 0 Å². The highest BCUT2D eigenvalue weighted by Gasteiger charge is 1.94. The van der Waals surface area contributed by atoms with Gasteiger partial charge in [-0.2, -0.15) is 0 Å². The zero-order valence-corrected chi connectivity index (χ0v) is 10.6. The minimum absolute atomic E-state index is 0.964. The first kappa shape index (κ1) is 15.5. The predicted molar refractivity (Wildman–Crippen MR) is 65.2 cm³/mol. The van der Waals surface area contributed by atoms with Crippen molar-refractivity contribution >= 4 is 0 Å². The van der Waals surface area contributed by atoms with Crippen molar-refractivity contribution in [1.29, 1.82) is 0 Å². The van der Waals surface area contributed by atoms with Crippen LogP contribution in [-0.4, -0.2) is 7.11 Å². The summed E-state index contributed by atoms with van der Waals surface area (Å²) in [6, 6.07) is 6.15. The number of ether oxygens (including phenoxy) is 1. The first-order chi connectivity index (χ1) is 6.74. The first-order valence-corrected chi connectivity index (χ1v) is 5.35. The van der Waals surface area contributed by atoms with Gasteiger partial charge in [-0.25, -0.2) is 0 Å². The van der Waals surface area contributed by atoms with E-state index in [2.05, 4.69) is 13.0 Å². The lowest BCUT2D eigenvalue weighted by Gasteiger charge is -2.03. The monoisotopic (exact) mass is 196 g/mol. The van der Waals surface area contributed by atoms with Crippen LogP contribution in [0, 0.1) is 13.8 Å². The third-order valence-electron chi connectivity index (χ3n) is 1.55. The molecule has 0 aromatic heterocycles. The van der Waals surface area contributed by atoms with Gasteiger partial charge in [0.25, 0.3) is 0 Å². The Kier molecular flexibility index (Phi) is 11.2. The quantitative estimate of drug-likeness (QED) is 0.648. The van der Waals surface area contributed by atoms with Crippen LogP contribution in [0.1, 0.15) is 38.8 Å². The van der Waals surface area contributed by atoms with Crippen LogP contribution < -0.4 is 4.74 Å². The highest BCUT2D eigenvalue weighted by atomic mass is 16.5. The summed E-state index contributed by atoms with van der Waals surface area (Å²) in [5, 5.41) is 0. The average molecular weight is 196 g/mol. The molecule has 0 N–H and O–H groups in total. The fourth-order valence-electron chi connectivity index (χ4n) is 1.03. The molecule has 1 nitrogen and oxygen atoms in total. The van der Waals surface area contributed by atoms with E-state index in [-0.39, 0.29) is 0 Å². The molecule has 0 atom stereocenters. The number of hydrogen-bond donors (Lipinski definition) is 0. The van der Waals surface area contributed by atoms with E-state index in [1.165, 1.54) is 11.1 Å². The van der Waals surface area contributed by atoms with Crippen molar-refractivity contribution in [2.75, 3.05) is 7.11 Å². The van der Waals surface area contributed by atoms with Gasteiger partial charge in [0.05, 0.1) is 7.11 Å². The van der Waals surface area contributed by atoms with E-state index in [1.807, 2.05) is 46.8 Å². The number of hydrogen-bond acceptors (Lipinski definition) is 1. The van der Waals surface area contributed by atoms with Crippen molar-refractivity contribution in [3.63, 3.8) is 0 Å². The standard InChI is InChI=1S/C9H12O.2C2H6/c1-7-4-5-9(10-3)8(2)6-7;2*1-2/h4-6H,1-3H3;2*1-2H3. The van der Waals surface area contributed by atoms with Gasteiger partial charge in [0.1, 0.15) is 5.75 Å². The van der Waals surface area contributed by atoms with Crippen LogP contribution in [0.4, 0.5) is 0 Å². The molecular weight excluding hydrogens is 172 g/mol. The third kappa shape index (κ3) is 5.63. The summed E-state index contributed by atoms with van der Waals surface area (Å²) in [6.07, 6.45) is 0. The molecule has 0 bridgehead atoms. The fraction of sp³-hybridized carbons (Fsp3) is 0.538. The summed E-state index contributed by atoms with van der Waals surface area (Å²) in [7, 11) is 1.69. The lowest BCUT2D eigenvalue weighted by atomic mass is 10.1. The van der Waals surface area contributed by atoms with E-state index in [0.717, 1.165) is 5.75 Å². The average Bonchev–Trinajstić information content (AvgIpc) is 2.24. The number of methoxy groups -OCH3 is 1. The second-order valence-electron chi connectivity index (χ2n) is 2.47. The summed E-state index contributed by atoms with van der Waals surface area (Å²) in [5.41, 5.74) is 2.47. The molecule has 1 heteroatoms. The van der Waals surface area contributed by atoms with E-state index in [0.29, 0.717) is 0 Å². The number of rotatable bonds is 1. The molecule has 0 spiro atoms. The Labute approximate surface area is 89.1 Å². The Balaban J connectivity index is 0.